The molecule has 0 aromatic heterocycles. The summed E-state index contributed by atoms with van der Waals surface area (Å²) in [6, 6.07) is 2.30. The zero-order valence-corrected chi connectivity index (χ0v) is 12.0. The Hall–Kier alpha value is -1.65. The van der Waals surface area contributed by atoms with Gasteiger partial charge in [0.2, 0.25) is 0 Å². The van der Waals surface area contributed by atoms with E-state index in [0.29, 0.717) is 17.6 Å². The predicted octanol–water partition coefficient (Wildman–Crippen LogP) is 6.00. The average Bonchev–Trinajstić information content (AvgIpc) is 2.45. The van der Waals surface area contributed by atoms with Crippen LogP contribution in [-0.4, -0.2) is 6.18 Å². The quantitative estimate of drug-likeness (QED) is 0.474. The minimum absolute atomic E-state index is 0.0424. The second-order valence-corrected chi connectivity index (χ2v) is 5.62. The standard InChI is InChI=1S/C17H17F5/c1-2-11-3-5-12(6-4-11)13-9-15(18)14(16(19)10-13)7-8-17(20,21)22/h2,7-12H,1,3-6H2/b8-7+. The third kappa shape index (κ3) is 4.18. The molecular formula is C17H17F5. The lowest BCUT2D eigenvalue weighted by molar-refractivity contribution is -0.0790. The zero-order chi connectivity index (χ0) is 16.3. The van der Waals surface area contributed by atoms with Gasteiger partial charge in [-0.2, -0.15) is 13.2 Å². The van der Waals surface area contributed by atoms with E-state index in [0.717, 1.165) is 37.8 Å². The van der Waals surface area contributed by atoms with Crippen molar-refractivity contribution in [2.45, 2.75) is 37.8 Å². The van der Waals surface area contributed by atoms with Crippen LogP contribution in [0.2, 0.25) is 0 Å². The highest BCUT2D eigenvalue weighted by Crippen LogP contribution is 2.37. The molecule has 0 saturated heterocycles. The monoisotopic (exact) mass is 316 g/mol. The van der Waals surface area contributed by atoms with Crippen molar-refractivity contribution in [3.8, 4) is 0 Å². The summed E-state index contributed by atoms with van der Waals surface area (Å²) >= 11 is 0. The van der Waals surface area contributed by atoms with Gasteiger partial charge in [-0.15, -0.1) is 6.58 Å². The number of benzene rings is 1. The van der Waals surface area contributed by atoms with Crippen molar-refractivity contribution in [1.29, 1.82) is 0 Å². The zero-order valence-electron chi connectivity index (χ0n) is 12.0. The maximum atomic E-state index is 13.9. The third-order valence-corrected chi connectivity index (χ3v) is 4.12. The van der Waals surface area contributed by atoms with Crippen LogP contribution in [0.4, 0.5) is 22.0 Å². The maximum absolute atomic E-state index is 13.9. The molecule has 1 fully saturated rings. The van der Waals surface area contributed by atoms with Gasteiger partial charge in [-0.1, -0.05) is 6.08 Å². The number of alkyl halides is 3. The SMILES string of the molecule is C=CC1CCC(c2cc(F)c(/C=C/C(F)(F)F)c(F)c2)CC1. The Bertz CT molecular complexity index is 540. The van der Waals surface area contributed by atoms with Gasteiger partial charge in [0.15, 0.2) is 0 Å². The van der Waals surface area contributed by atoms with Crippen LogP contribution in [0, 0.1) is 17.6 Å². The van der Waals surface area contributed by atoms with Crippen molar-refractivity contribution in [1.82, 2.24) is 0 Å². The molecule has 0 bridgehead atoms. The first-order chi connectivity index (χ1) is 10.3. The van der Waals surface area contributed by atoms with Crippen LogP contribution in [0.25, 0.3) is 6.08 Å². The molecule has 0 heterocycles. The Kier molecular flexibility index (Phi) is 5.04. The maximum Gasteiger partial charge on any atom is 0.409 e. The van der Waals surface area contributed by atoms with Crippen LogP contribution in [0.5, 0.6) is 0 Å². The molecule has 0 unspecified atom stereocenters. The van der Waals surface area contributed by atoms with E-state index in [1.54, 1.807) is 0 Å². The van der Waals surface area contributed by atoms with Crippen LogP contribution < -0.4 is 0 Å². The van der Waals surface area contributed by atoms with Gasteiger partial charge in [-0.05, 0) is 61.3 Å². The van der Waals surface area contributed by atoms with Gasteiger partial charge in [0, 0.05) is 11.6 Å². The number of hydrogen-bond acceptors (Lipinski definition) is 0. The number of hydrogen-bond donors (Lipinski definition) is 0. The summed E-state index contributed by atoms with van der Waals surface area (Å²) in [7, 11) is 0. The van der Waals surface area contributed by atoms with Gasteiger partial charge in [0.05, 0.1) is 0 Å². The van der Waals surface area contributed by atoms with Gasteiger partial charge in [-0.25, -0.2) is 8.78 Å². The first-order valence-corrected chi connectivity index (χ1v) is 7.17. The smallest absolute Gasteiger partial charge is 0.206 e. The van der Waals surface area contributed by atoms with E-state index in [4.69, 9.17) is 0 Å². The van der Waals surface area contributed by atoms with E-state index in [2.05, 4.69) is 6.58 Å². The highest BCUT2D eigenvalue weighted by molar-refractivity contribution is 5.52. The highest BCUT2D eigenvalue weighted by Gasteiger charge is 2.24. The lowest BCUT2D eigenvalue weighted by atomic mass is 9.78. The number of halogens is 5. The van der Waals surface area contributed by atoms with Crippen molar-refractivity contribution < 1.29 is 22.0 Å². The summed E-state index contributed by atoms with van der Waals surface area (Å²) in [4.78, 5) is 0. The van der Waals surface area contributed by atoms with Crippen LogP contribution in [0.1, 0.15) is 42.7 Å². The van der Waals surface area contributed by atoms with Gasteiger partial charge >= 0.3 is 6.18 Å². The molecule has 1 aliphatic rings. The fraction of sp³-hybridized carbons (Fsp3) is 0.412. The van der Waals surface area contributed by atoms with Crippen molar-refractivity contribution in [3.05, 3.63) is 53.6 Å². The first kappa shape index (κ1) is 16.7. The Morgan fingerprint density at radius 2 is 1.55 bits per heavy atom. The predicted molar refractivity (Wildman–Crippen MR) is 76.3 cm³/mol. The summed E-state index contributed by atoms with van der Waals surface area (Å²) in [5.74, 6) is -1.44. The van der Waals surface area contributed by atoms with Crippen LogP contribution in [0.3, 0.4) is 0 Å². The normalized spacial score (nSPS) is 23.0. The van der Waals surface area contributed by atoms with E-state index in [1.165, 1.54) is 0 Å². The van der Waals surface area contributed by atoms with Crippen LogP contribution in [-0.2, 0) is 0 Å². The molecule has 1 aromatic carbocycles. The fourth-order valence-electron chi connectivity index (χ4n) is 2.86. The molecule has 1 aromatic rings. The minimum atomic E-state index is -4.60. The second kappa shape index (κ2) is 6.63. The molecule has 5 heteroatoms. The molecule has 0 amide bonds. The van der Waals surface area contributed by atoms with Crippen molar-refractivity contribution in [2.24, 2.45) is 5.92 Å². The molecule has 0 spiro atoms. The second-order valence-electron chi connectivity index (χ2n) is 5.62. The molecule has 0 N–H and O–H groups in total. The lowest BCUT2D eigenvalue weighted by Gasteiger charge is -2.27. The Balaban J connectivity index is 2.20. The molecule has 22 heavy (non-hydrogen) atoms. The molecule has 1 saturated carbocycles. The van der Waals surface area contributed by atoms with E-state index < -0.39 is 23.4 Å². The summed E-state index contributed by atoms with van der Waals surface area (Å²) in [6.07, 6.45) is 0.983. The van der Waals surface area contributed by atoms with E-state index in [1.807, 2.05) is 6.08 Å². The van der Waals surface area contributed by atoms with Gasteiger partial charge in [-0.3, -0.25) is 0 Å². The van der Waals surface area contributed by atoms with Gasteiger partial charge in [0.25, 0.3) is 0 Å². The Morgan fingerprint density at radius 1 is 1.00 bits per heavy atom. The average molecular weight is 316 g/mol. The molecule has 0 aliphatic heterocycles. The van der Waals surface area contributed by atoms with E-state index >= 15 is 0 Å². The molecule has 0 nitrogen and oxygen atoms in total. The van der Waals surface area contributed by atoms with Crippen LogP contribution >= 0.6 is 0 Å². The Labute approximate surface area is 126 Å². The molecule has 0 radical (unpaired) electrons. The Morgan fingerprint density at radius 3 is 2.00 bits per heavy atom. The van der Waals surface area contributed by atoms with Crippen LogP contribution in [0.15, 0.2) is 30.9 Å². The topological polar surface area (TPSA) is 0 Å². The summed E-state index contributed by atoms with van der Waals surface area (Å²) in [5, 5.41) is 0. The van der Waals surface area contributed by atoms with Crippen molar-refractivity contribution in [3.63, 3.8) is 0 Å². The molecule has 120 valence electrons. The molecular weight excluding hydrogens is 299 g/mol. The third-order valence-electron chi connectivity index (χ3n) is 4.12. The lowest BCUT2D eigenvalue weighted by Crippen LogP contribution is -2.12. The number of rotatable bonds is 3. The summed E-state index contributed by atoms with van der Waals surface area (Å²) in [5.41, 5.74) is -0.137. The first-order valence-electron chi connectivity index (χ1n) is 7.17. The summed E-state index contributed by atoms with van der Waals surface area (Å²) < 4.78 is 64.1. The van der Waals surface area contributed by atoms with Crippen molar-refractivity contribution in [2.75, 3.05) is 0 Å². The van der Waals surface area contributed by atoms with Gasteiger partial charge in [0.1, 0.15) is 11.6 Å². The number of allylic oxidation sites excluding steroid dienone is 2. The van der Waals surface area contributed by atoms with Gasteiger partial charge < -0.3 is 0 Å². The van der Waals surface area contributed by atoms with E-state index in [-0.39, 0.29) is 12.0 Å². The molecule has 0 atom stereocenters. The minimum Gasteiger partial charge on any atom is -0.206 e. The summed E-state index contributed by atoms with van der Waals surface area (Å²) in [6.45, 7) is 3.74. The van der Waals surface area contributed by atoms with E-state index in [9.17, 15) is 22.0 Å². The molecule has 2 rings (SSSR count). The highest BCUT2D eigenvalue weighted by atomic mass is 19.4. The molecule has 1 aliphatic carbocycles. The van der Waals surface area contributed by atoms with Crippen molar-refractivity contribution >= 4 is 6.08 Å². The largest absolute Gasteiger partial charge is 0.409 e. The fourth-order valence-corrected chi connectivity index (χ4v) is 2.86.